The van der Waals surface area contributed by atoms with Gasteiger partial charge >= 0.3 is 5.97 Å². The third kappa shape index (κ3) is 2.62. The minimum atomic E-state index is -0.611. The summed E-state index contributed by atoms with van der Waals surface area (Å²) in [5, 5.41) is 0. The Kier molecular flexibility index (Phi) is 3.61. The third-order valence-corrected chi connectivity index (χ3v) is 2.57. The summed E-state index contributed by atoms with van der Waals surface area (Å²) in [6.07, 6.45) is 1.50. The molecule has 2 N–H and O–H groups in total. The van der Waals surface area contributed by atoms with Crippen molar-refractivity contribution in [1.29, 1.82) is 0 Å². The van der Waals surface area contributed by atoms with Crippen LogP contribution in [0.5, 0.6) is 5.75 Å². The summed E-state index contributed by atoms with van der Waals surface area (Å²) in [4.78, 5) is 19.6. The van der Waals surface area contributed by atoms with Crippen LogP contribution in [0.25, 0.3) is 11.3 Å². The molecule has 6 heteroatoms. The van der Waals surface area contributed by atoms with Crippen molar-refractivity contribution in [2.75, 3.05) is 20.0 Å². The number of methoxy groups -OCH3 is 2. The van der Waals surface area contributed by atoms with Gasteiger partial charge in [0.25, 0.3) is 0 Å². The summed E-state index contributed by atoms with van der Waals surface area (Å²) in [7, 11) is 2.86. The summed E-state index contributed by atoms with van der Waals surface area (Å²) in [5.41, 5.74) is 6.95. The molecule has 1 aromatic heterocycles. The first-order chi connectivity index (χ1) is 9.15. The zero-order chi connectivity index (χ0) is 13.8. The van der Waals surface area contributed by atoms with Crippen LogP contribution in [0.2, 0.25) is 0 Å². The van der Waals surface area contributed by atoms with Crippen LogP contribution in [0.15, 0.2) is 30.5 Å². The number of esters is 1. The van der Waals surface area contributed by atoms with Gasteiger partial charge in [0.2, 0.25) is 0 Å². The molecule has 0 saturated carbocycles. The number of nitrogens with two attached hydrogens (primary N) is 1. The van der Waals surface area contributed by atoms with Gasteiger partial charge in [0, 0.05) is 5.56 Å². The highest BCUT2D eigenvalue weighted by Crippen LogP contribution is 2.21. The minimum absolute atomic E-state index is 0.0100. The van der Waals surface area contributed by atoms with Gasteiger partial charge in [0.05, 0.1) is 26.1 Å². The predicted molar refractivity (Wildman–Crippen MR) is 69.8 cm³/mol. The van der Waals surface area contributed by atoms with Crippen LogP contribution in [0.4, 0.5) is 5.82 Å². The number of carbonyl (C=O) groups excluding carboxylic acids is 1. The second-order valence-electron chi connectivity index (χ2n) is 3.71. The average Bonchev–Trinajstić information content (AvgIpc) is 2.47. The highest BCUT2D eigenvalue weighted by atomic mass is 16.5. The van der Waals surface area contributed by atoms with Gasteiger partial charge in [-0.2, -0.15) is 0 Å². The summed E-state index contributed by atoms with van der Waals surface area (Å²) < 4.78 is 9.68. The molecular weight excluding hydrogens is 246 g/mol. The molecule has 1 heterocycles. The number of ether oxygens (including phenoxy) is 2. The van der Waals surface area contributed by atoms with Crippen molar-refractivity contribution in [1.82, 2.24) is 9.97 Å². The second kappa shape index (κ2) is 5.34. The van der Waals surface area contributed by atoms with E-state index in [9.17, 15) is 4.79 Å². The van der Waals surface area contributed by atoms with Crippen molar-refractivity contribution < 1.29 is 14.3 Å². The van der Waals surface area contributed by atoms with Crippen LogP contribution in [-0.4, -0.2) is 30.2 Å². The van der Waals surface area contributed by atoms with Crippen LogP contribution in [0.1, 0.15) is 10.5 Å². The molecule has 19 heavy (non-hydrogen) atoms. The Bertz CT molecular complexity index is 597. The van der Waals surface area contributed by atoms with Gasteiger partial charge in [-0.15, -0.1) is 0 Å². The van der Waals surface area contributed by atoms with Crippen molar-refractivity contribution in [2.45, 2.75) is 0 Å². The Morgan fingerprint density at radius 1 is 1.21 bits per heavy atom. The fourth-order valence-corrected chi connectivity index (χ4v) is 1.55. The lowest BCUT2D eigenvalue weighted by Crippen LogP contribution is -2.10. The predicted octanol–water partition coefficient (Wildman–Crippen LogP) is 1.52. The van der Waals surface area contributed by atoms with E-state index < -0.39 is 5.97 Å². The number of nitrogen functional groups attached to an aromatic ring is 1. The number of hydrogen-bond acceptors (Lipinski definition) is 6. The first-order valence-electron chi connectivity index (χ1n) is 5.51. The van der Waals surface area contributed by atoms with Gasteiger partial charge in [-0.05, 0) is 24.3 Å². The highest BCUT2D eigenvalue weighted by Gasteiger charge is 2.14. The molecule has 98 valence electrons. The largest absolute Gasteiger partial charge is 0.497 e. The van der Waals surface area contributed by atoms with E-state index in [0.717, 1.165) is 11.3 Å². The Labute approximate surface area is 110 Å². The Morgan fingerprint density at radius 3 is 2.47 bits per heavy atom. The van der Waals surface area contributed by atoms with E-state index >= 15 is 0 Å². The molecule has 0 radical (unpaired) electrons. The number of aromatic nitrogens is 2. The topological polar surface area (TPSA) is 87.3 Å². The molecule has 0 unspecified atom stereocenters. The van der Waals surface area contributed by atoms with Gasteiger partial charge in [-0.1, -0.05) is 0 Å². The Balaban J connectivity index is 2.42. The number of carbonyl (C=O) groups is 1. The molecule has 0 amide bonds. The number of rotatable bonds is 3. The quantitative estimate of drug-likeness (QED) is 0.841. The van der Waals surface area contributed by atoms with E-state index in [4.69, 9.17) is 10.5 Å². The minimum Gasteiger partial charge on any atom is -0.497 e. The zero-order valence-corrected chi connectivity index (χ0v) is 10.6. The normalized spacial score (nSPS) is 10.0. The molecule has 0 fully saturated rings. The zero-order valence-electron chi connectivity index (χ0n) is 10.6. The summed E-state index contributed by atoms with van der Waals surface area (Å²) in [6, 6.07) is 7.23. The monoisotopic (exact) mass is 259 g/mol. The van der Waals surface area contributed by atoms with Gasteiger partial charge < -0.3 is 15.2 Å². The molecule has 0 bridgehead atoms. The molecule has 0 aliphatic carbocycles. The van der Waals surface area contributed by atoms with Gasteiger partial charge in [0.1, 0.15) is 5.75 Å². The Morgan fingerprint density at radius 2 is 1.89 bits per heavy atom. The molecular formula is C13H13N3O3. The van der Waals surface area contributed by atoms with Crippen molar-refractivity contribution in [2.24, 2.45) is 0 Å². The van der Waals surface area contributed by atoms with Crippen LogP contribution in [0, 0.1) is 0 Å². The van der Waals surface area contributed by atoms with Gasteiger partial charge in [-0.3, -0.25) is 0 Å². The maximum absolute atomic E-state index is 11.5. The lowest BCUT2D eigenvalue weighted by Gasteiger charge is -2.06. The van der Waals surface area contributed by atoms with Crippen molar-refractivity contribution in [3.8, 4) is 17.0 Å². The summed E-state index contributed by atoms with van der Waals surface area (Å²) in [6.45, 7) is 0. The molecule has 6 nitrogen and oxygen atoms in total. The van der Waals surface area contributed by atoms with E-state index in [1.54, 1.807) is 19.2 Å². The molecule has 2 aromatic rings. The average molecular weight is 259 g/mol. The van der Waals surface area contributed by atoms with E-state index in [1.165, 1.54) is 13.3 Å². The molecule has 0 saturated heterocycles. The fourth-order valence-electron chi connectivity index (χ4n) is 1.55. The number of nitrogens with zero attached hydrogens (tertiary/aromatic N) is 2. The first-order valence-corrected chi connectivity index (χ1v) is 5.51. The van der Waals surface area contributed by atoms with Crippen LogP contribution in [0.3, 0.4) is 0 Å². The third-order valence-electron chi connectivity index (χ3n) is 2.57. The van der Waals surface area contributed by atoms with E-state index in [1.807, 2.05) is 12.1 Å². The molecule has 0 aliphatic rings. The molecule has 0 atom stereocenters. The maximum Gasteiger partial charge on any atom is 0.360 e. The molecule has 2 rings (SSSR count). The van der Waals surface area contributed by atoms with Crippen LogP contribution >= 0.6 is 0 Å². The summed E-state index contributed by atoms with van der Waals surface area (Å²) >= 11 is 0. The Hall–Kier alpha value is -2.63. The fraction of sp³-hybridized carbons (Fsp3) is 0.154. The van der Waals surface area contributed by atoms with Crippen molar-refractivity contribution in [3.63, 3.8) is 0 Å². The highest BCUT2D eigenvalue weighted by molar-refractivity contribution is 5.92. The first kappa shape index (κ1) is 12.8. The van der Waals surface area contributed by atoms with Crippen LogP contribution < -0.4 is 10.5 Å². The molecule has 0 aliphatic heterocycles. The van der Waals surface area contributed by atoms with Gasteiger partial charge in [-0.25, -0.2) is 14.8 Å². The maximum atomic E-state index is 11.5. The summed E-state index contributed by atoms with van der Waals surface area (Å²) in [5.74, 6) is 0.171. The standard InChI is InChI=1S/C13H13N3O3/c1-18-9-5-3-8(4-6-9)10-7-15-12(14)11(16-10)13(17)19-2/h3-7H,1-2H3,(H2,14,15). The molecule has 1 aromatic carbocycles. The van der Waals surface area contributed by atoms with Gasteiger partial charge in [0.15, 0.2) is 11.5 Å². The van der Waals surface area contributed by atoms with Crippen molar-refractivity contribution >= 4 is 11.8 Å². The number of hydrogen-bond donors (Lipinski definition) is 1. The number of benzene rings is 1. The number of anilines is 1. The van der Waals surface area contributed by atoms with Crippen LogP contribution in [-0.2, 0) is 4.74 Å². The second-order valence-corrected chi connectivity index (χ2v) is 3.71. The van der Waals surface area contributed by atoms with Crippen molar-refractivity contribution in [3.05, 3.63) is 36.2 Å². The van der Waals surface area contributed by atoms with E-state index in [-0.39, 0.29) is 11.5 Å². The smallest absolute Gasteiger partial charge is 0.360 e. The lowest BCUT2D eigenvalue weighted by atomic mass is 10.1. The molecule has 0 spiro atoms. The lowest BCUT2D eigenvalue weighted by molar-refractivity contribution is 0.0595. The SMILES string of the molecule is COC(=O)c1nc(-c2ccc(OC)cc2)cnc1N. The van der Waals surface area contributed by atoms with E-state index in [2.05, 4.69) is 14.7 Å². The van der Waals surface area contributed by atoms with E-state index in [0.29, 0.717) is 5.69 Å².